The first-order chi connectivity index (χ1) is 10.2. The quantitative estimate of drug-likeness (QED) is 0.473. The molecule has 0 bridgehead atoms. The fraction of sp³-hybridized carbons (Fsp3) is 0.625. The van der Waals surface area contributed by atoms with E-state index < -0.39 is 16.6 Å². The van der Waals surface area contributed by atoms with E-state index in [0.717, 1.165) is 11.5 Å². The van der Waals surface area contributed by atoms with Gasteiger partial charge in [0.2, 0.25) is 0 Å². The highest BCUT2D eigenvalue weighted by molar-refractivity contribution is 6.70. The van der Waals surface area contributed by atoms with Crippen LogP contribution in [0.2, 0.25) is 39.3 Å². The Hall–Kier alpha value is -0.826. The molecule has 0 heterocycles. The molecule has 0 amide bonds. The summed E-state index contributed by atoms with van der Waals surface area (Å²) in [5.74, 6) is 1.68. The Morgan fingerprint density at radius 1 is 0.591 bits per heavy atom. The van der Waals surface area contributed by atoms with Crippen LogP contribution >= 0.6 is 0 Å². The van der Waals surface area contributed by atoms with Crippen molar-refractivity contribution in [1.29, 1.82) is 0 Å². The molecule has 0 aliphatic heterocycles. The number of rotatable bonds is 10. The zero-order valence-electron chi connectivity index (χ0n) is 14.8. The summed E-state index contributed by atoms with van der Waals surface area (Å²) in [6, 6.07) is 7.68. The third-order valence-electron chi connectivity index (χ3n) is 2.60. The molecule has 6 heteroatoms. The summed E-state index contributed by atoms with van der Waals surface area (Å²) in [7, 11) is -2.89. The Morgan fingerprint density at radius 2 is 0.909 bits per heavy atom. The molecule has 0 fully saturated rings. The number of hydrogen-bond acceptors (Lipinski definition) is 4. The minimum absolute atomic E-state index is 0.578. The van der Waals surface area contributed by atoms with Crippen LogP contribution in [0.15, 0.2) is 24.3 Å². The van der Waals surface area contributed by atoms with E-state index in [4.69, 9.17) is 18.3 Å². The van der Waals surface area contributed by atoms with Crippen molar-refractivity contribution < 1.29 is 18.3 Å². The second-order valence-corrected chi connectivity index (χ2v) is 16.1. The predicted molar refractivity (Wildman–Crippen MR) is 96.0 cm³/mol. The second-order valence-electron chi connectivity index (χ2n) is 7.09. The molecule has 0 saturated heterocycles. The van der Waals surface area contributed by atoms with E-state index in [0.29, 0.717) is 26.4 Å². The molecule has 1 aromatic carbocycles. The molecule has 0 radical (unpaired) electrons. The van der Waals surface area contributed by atoms with E-state index >= 15 is 0 Å². The maximum Gasteiger partial charge on any atom is 0.183 e. The topological polar surface area (TPSA) is 36.9 Å². The van der Waals surface area contributed by atoms with Crippen LogP contribution in [0, 0.1) is 0 Å². The molecule has 0 atom stereocenters. The van der Waals surface area contributed by atoms with Crippen molar-refractivity contribution in [3.8, 4) is 11.5 Å². The lowest BCUT2D eigenvalue weighted by atomic mass is 10.3. The fourth-order valence-corrected chi connectivity index (χ4v) is 3.04. The van der Waals surface area contributed by atoms with Gasteiger partial charge in [-0.2, -0.15) is 0 Å². The van der Waals surface area contributed by atoms with Gasteiger partial charge in [-0.1, -0.05) is 0 Å². The van der Waals surface area contributed by atoms with Crippen LogP contribution in [0.1, 0.15) is 0 Å². The Labute approximate surface area is 137 Å². The van der Waals surface area contributed by atoms with Gasteiger partial charge in [0.1, 0.15) is 24.7 Å². The highest BCUT2D eigenvalue weighted by Gasteiger charge is 2.14. The lowest BCUT2D eigenvalue weighted by molar-refractivity contribution is 0.209. The molecule has 22 heavy (non-hydrogen) atoms. The summed E-state index contributed by atoms with van der Waals surface area (Å²) >= 11 is 0. The van der Waals surface area contributed by atoms with Gasteiger partial charge in [0.15, 0.2) is 16.6 Å². The monoisotopic (exact) mass is 342 g/mol. The van der Waals surface area contributed by atoms with Crippen molar-refractivity contribution in [3.63, 3.8) is 0 Å². The molecular weight excluding hydrogens is 312 g/mol. The minimum atomic E-state index is -1.45. The first kappa shape index (κ1) is 19.2. The van der Waals surface area contributed by atoms with Crippen LogP contribution < -0.4 is 9.47 Å². The third kappa shape index (κ3) is 9.99. The van der Waals surface area contributed by atoms with E-state index in [9.17, 15) is 0 Å². The average Bonchev–Trinajstić information content (AvgIpc) is 2.39. The zero-order chi connectivity index (χ0) is 16.6. The standard InChI is InChI=1S/C16H30O4Si2/c1-21(2,3)19-13-11-17-15-7-9-16(10-8-15)18-12-14-20-22(4,5)6/h7-10H,11-14H2,1-6H3. The lowest BCUT2D eigenvalue weighted by Crippen LogP contribution is -2.27. The predicted octanol–water partition coefficient (Wildman–Crippen LogP) is 4.15. The molecule has 0 N–H and O–H groups in total. The minimum Gasteiger partial charge on any atom is -0.491 e. The highest BCUT2D eigenvalue weighted by Crippen LogP contribution is 2.17. The van der Waals surface area contributed by atoms with Crippen LogP contribution in [0.5, 0.6) is 11.5 Å². The number of benzene rings is 1. The SMILES string of the molecule is C[Si](C)(C)OCCOc1ccc(OCCO[Si](C)(C)C)cc1. The summed E-state index contributed by atoms with van der Waals surface area (Å²) in [6.45, 7) is 15.5. The molecule has 4 nitrogen and oxygen atoms in total. The van der Waals surface area contributed by atoms with Crippen molar-refractivity contribution >= 4 is 16.6 Å². The first-order valence-corrected chi connectivity index (χ1v) is 14.6. The smallest absolute Gasteiger partial charge is 0.183 e. The summed E-state index contributed by atoms with van der Waals surface area (Å²) < 4.78 is 22.8. The van der Waals surface area contributed by atoms with Gasteiger partial charge in [-0.05, 0) is 63.5 Å². The van der Waals surface area contributed by atoms with Crippen LogP contribution in [-0.2, 0) is 8.85 Å². The largest absolute Gasteiger partial charge is 0.491 e. The van der Waals surface area contributed by atoms with E-state index in [-0.39, 0.29) is 0 Å². The van der Waals surface area contributed by atoms with Crippen molar-refractivity contribution in [2.75, 3.05) is 26.4 Å². The van der Waals surface area contributed by atoms with Crippen LogP contribution in [0.25, 0.3) is 0 Å². The number of hydrogen-bond donors (Lipinski definition) is 0. The summed E-state index contributed by atoms with van der Waals surface area (Å²) in [4.78, 5) is 0. The van der Waals surface area contributed by atoms with Gasteiger partial charge in [-0.3, -0.25) is 0 Å². The zero-order valence-corrected chi connectivity index (χ0v) is 16.8. The average molecular weight is 343 g/mol. The Balaban J connectivity index is 2.22. The van der Waals surface area contributed by atoms with Gasteiger partial charge >= 0.3 is 0 Å². The molecule has 0 spiro atoms. The fourth-order valence-electron chi connectivity index (χ4n) is 1.65. The Bertz CT molecular complexity index is 380. The number of ether oxygens (including phenoxy) is 2. The molecule has 126 valence electrons. The van der Waals surface area contributed by atoms with Crippen molar-refractivity contribution in [2.45, 2.75) is 39.3 Å². The van der Waals surface area contributed by atoms with Crippen molar-refractivity contribution in [1.82, 2.24) is 0 Å². The van der Waals surface area contributed by atoms with Crippen molar-refractivity contribution in [2.24, 2.45) is 0 Å². The molecule has 1 aromatic rings. The first-order valence-electron chi connectivity index (χ1n) is 7.79. The maximum absolute atomic E-state index is 5.75. The Morgan fingerprint density at radius 3 is 1.18 bits per heavy atom. The molecule has 0 saturated carbocycles. The van der Waals surface area contributed by atoms with Crippen LogP contribution in [0.3, 0.4) is 0 Å². The van der Waals surface area contributed by atoms with E-state index in [1.807, 2.05) is 24.3 Å². The van der Waals surface area contributed by atoms with Gasteiger partial charge in [0.05, 0.1) is 13.2 Å². The molecule has 0 aromatic heterocycles. The van der Waals surface area contributed by atoms with Gasteiger partial charge in [-0.25, -0.2) is 0 Å². The third-order valence-corrected chi connectivity index (χ3v) is 4.74. The second kappa shape index (κ2) is 8.71. The van der Waals surface area contributed by atoms with Gasteiger partial charge in [0.25, 0.3) is 0 Å². The normalized spacial score (nSPS) is 12.3. The highest BCUT2D eigenvalue weighted by atomic mass is 28.4. The maximum atomic E-state index is 5.75. The van der Waals surface area contributed by atoms with Crippen LogP contribution in [-0.4, -0.2) is 43.1 Å². The van der Waals surface area contributed by atoms with Crippen molar-refractivity contribution in [3.05, 3.63) is 24.3 Å². The van der Waals surface area contributed by atoms with Gasteiger partial charge in [-0.15, -0.1) is 0 Å². The summed E-state index contributed by atoms with van der Waals surface area (Å²) in [5, 5.41) is 0. The molecule has 1 rings (SSSR count). The Kier molecular flexibility index (Phi) is 7.61. The molecule has 0 aliphatic rings. The van der Waals surface area contributed by atoms with Gasteiger partial charge < -0.3 is 18.3 Å². The van der Waals surface area contributed by atoms with E-state index in [1.165, 1.54) is 0 Å². The van der Waals surface area contributed by atoms with E-state index in [2.05, 4.69) is 39.3 Å². The van der Waals surface area contributed by atoms with E-state index in [1.54, 1.807) is 0 Å². The van der Waals surface area contributed by atoms with Gasteiger partial charge in [0, 0.05) is 0 Å². The molecule has 0 unspecified atom stereocenters. The summed E-state index contributed by atoms with van der Waals surface area (Å²) in [5.41, 5.74) is 0. The summed E-state index contributed by atoms with van der Waals surface area (Å²) in [6.07, 6.45) is 0. The molecule has 0 aliphatic carbocycles. The lowest BCUT2D eigenvalue weighted by Gasteiger charge is -2.17. The molecular formula is C16H30O4Si2. The van der Waals surface area contributed by atoms with Crippen LogP contribution in [0.4, 0.5) is 0 Å².